The molecule has 12 atom stereocenters. The highest BCUT2D eigenvalue weighted by Crippen LogP contribution is 2.46. The second-order valence-electron chi connectivity index (χ2n) is 16.1. The maximum atomic E-state index is 11.5. The second kappa shape index (κ2) is 17.1. The van der Waals surface area contributed by atoms with Crippen LogP contribution in [-0.2, 0) is 35.5 Å². The van der Waals surface area contributed by atoms with E-state index in [1.54, 1.807) is 0 Å². The van der Waals surface area contributed by atoms with E-state index in [1.165, 1.54) is 51.4 Å². The van der Waals surface area contributed by atoms with E-state index in [-0.39, 0.29) is 25.0 Å². The molecule has 5 rings (SSSR count). The first-order valence-electron chi connectivity index (χ1n) is 19.1. The van der Waals surface area contributed by atoms with Crippen LogP contribution >= 0.6 is 0 Å². The average Bonchev–Trinajstić information content (AvgIpc) is 3.40. The molecular formula is C40H66O6. The minimum Gasteiger partial charge on any atom is -0.393 e. The first-order valence-corrected chi connectivity index (χ1v) is 19.1. The molecule has 12 unspecified atom stereocenters. The fourth-order valence-corrected chi connectivity index (χ4v) is 10.2. The van der Waals surface area contributed by atoms with Crippen molar-refractivity contribution in [3.05, 3.63) is 34.4 Å². The Hall–Kier alpha value is -1.02. The van der Waals surface area contributed by atoms with Crippen molar-refractivity contribution >= 4 is 0 Å². The Labute approximate surface area is 279 Å². The average molecular weight is 643 g/mol. The quantitative estimate of drug-likeness (QED) is 0.196. The van der Waals surface area contributed by atoms with Crippen molar-refractivity contribution in [2.45, 2.75) is 155 Å². The standard InChI is InChI=1S/C40H66O6/c1-25-11-13-29-7-5-9-35(37(29)23-45-25)27(3)39(43)17-15-31-19-33(21-41)34(22-42)20-32(31)16-18-40(44)28(4)36-10-6-8-30-14-12-26(2)46-24-38(30)36/h19-20,25-30,35-44H,5-18,21-24H2,1-4H3. The third kappa shape index (κ3) is 8.76. The maximum Gasteiger partial charge on any atom is 0.0685 e. The van der Waals surface area contributed by atoms with Crippen LogP contribution < -0.4 is 0 Å². The van der Waals surface area contributed by atoms with Gasteiger partial charge in [-0.1, -0.05) is 51.7 Å². The molecule has 6 heteroatoms. The minimum absolute atomic E-state index is 0.115. The topological polar surface area (TPSA) is 99.4 Å². The number of aliphatic hydroxyl groups is 4. The lowest BCUT2D eigenvalue weighted by Crippen LogP contribution is -2.39. The van der Waals surface area contributed by atoms with Gasteiger partial charge < -0.3 is 29.9 Å². The number of aliphatic hydroxyl groups excluding tert-OH is 4. The third-order valence-corrected chi connectivity index (χ3v) is 13.4. The van der Waals surface area contributed by atoms with Crippen molar-refractivity contribution in [2.75, 3.05) is 13.2 Å². The van der Waals surface area contributed by atoms with Gasteiger partial charge in [0.25, 0.3) is 0 Å². The first-order chi connectivity index (χ1) is 22.2. The zero-order valence-corrected chi connectivity index (χ0v) is 29.4. The van der Waals surface area contributed by atoms with Gasteiger partial charge in [0.2, 0.25) is 0 Å². The Balaban J connectivity index is 1.23. The summed E-state index contributed by atoms with van der Waals surface area (Å²) in [6, 6.07) is 4.09. The number of benzene rings is 1. The summed E-state index contributed by atoms with van der Waals surface area (Å²) in [5.41, 5.74) is 3.77. The second-order valence-corrected chi connectivity index (χ2v) is 16.1. The first kappa shape index (κ1) is 36.3. The molecule has 2 aliphatic heterocycles. The van der Waals surface area contributed by atoms with Gasteiger partial charge in [-0.3, -0.25) is 0 Å². The van der Waals surface area contributed by atoms with Crippen LogP contribution in [0.4, 0.5) is 0 Å². The summed E-state index contributed by atoms with van der Waals surface area (Å²) in [5.74, 6) is 3.91. The van der Waals surface area contributed by atoms with E-state index in [9.17, 15) is 20.4 Å². The van der Waals surface area contributed by atoms with Gasteiger partial charge >= 0.3 is 0 Å². The Morgan fingerprint density at radius 2 is 1.02 bits per heavy atom. The molecule has 0 amide bonds. The van der Waals surface area contributed by atoms with Crippen LogP contribution in [-0.4, -0.2) is 58.1 Å². The van der Waals surface area contributed by atoms with Crippen molar-refractivity contribution in [1.29, 1.82) is 0 Å². The molecule has 262 valence electrons. The molecule has 1 aromatic rings. The zero-order chi connectivity index (χ0) is 32.8. The molecule has 4 N–H and O–H groups in total. The molecule has 0 bridgehead atoms. The van der Waals surface area contributed by atoms with Crippen LogP contribution in [0.15, 0.2) is 12.1 Å². The summed E-state index contributed by atoms with van der Waals surface area (Å²) >= 11 is 0. The van der Waals surface area contributed by atoms with Crippen molar-refractivity contribution in [1.82, 2.24) is 0 Å². The number of rotatable bonds is 12. The van der Waals surface area contributed by atoms with Gasteiger partial charge in [0.1, 0.15) is 0 Å². The Morgan fingerprint density at radius 1 is 0.609 bits per heavy atom. The SMILES string of the molecule is CC1CCC2CCCC(C(C)C(O)CCc3cc(CO)c(CO)cc3CCC(O)C(C)C3CCCC4CCC(C)OCC43)C2CO1. The van der Waals surface area contributed by atoms with E-state index >= 15 is 0 Å². The summed E-state index contributed by atoms with van der Waals surface area (Å²) in [6.07, 6.45) is 14.9. The largest absolute Gasteiger partial charge is 0.393 e. The molecule has 4 aliphatic rings. The van der Waals surface area contributed by atoms with Crippen LogP contribution in [0.2, 0.25) is 0 Å². The molecule has 0 radical (unpaired) electrons. The van der Waals surface area contributed by atoms with Crippen LogP contribution in [0, 0.1) is 47.3 Å². The maximum absolute atomic E-state index is 11.5. The van der Waals surface area contributed by atoms with E-state index in [1.807, 2.05) is 12.1 Å². The molecule has 4 fully saturated rings. The van der Waals surface area contributed by atoms with Gasteiger partial charge in [0.05, 0.1) is 50.8 Å². The fraction of sp³-hybridized carbons (Fsp3) is 0.850. The molecule has 2 heterocycles. The molecule has 0 spiro atoms. The molecule has 2 saturated heterocycles. The van der Waals surface area contributed by atoms with Gasteiger partial charge in [-0.15, -0.1) is 0 Å². The van der Waals surface area contributed by atoms with Gasteiger partial charge in [0, 0.05) is 0 Å². The highest BCUT2D eigenvalue weighted by Gasteiger charge is 2.41. The van der Waals surface area contributed by atoms with Crippen LogP contribution in [0.1, 0.15) is 127 Å². The Kier molecular flexibility index (Phi) is 13.5. The molecule has 1 aromatic carbocycles. The van der Waals surface area contributed by atoms with Crippen LogP contribution in [0.25, 0.3) is 0 Å². The predicted octanol–water partition coefficient (Wildman–Crippen LogP) is 6.99. The van der Waals surface area contributed by atoms with Crippen molar-refractivity contribution in [3.8, 4) is 0 Å². The number of hydrogen-bond donors (Lipinski definition) is 4. The van der Waals surface area contributed by atoms with Gasteiger partial charge in [-0.05, 0) is 148 Å². The summed E-state index contributed by atoms with van der Waals surface area (Å²) in [7, 11) is 0. The van der Waals surface area contributed by atoms with Crippen molar-refractivity contribution in [3.63, 3.8) is 0 Å². The minimum atomic E-state index is -0.401. The van der Waals surface area contributed by atoms with Crippen LogP contribution in [0.5, 0.6) is 0 Å². The number of hydrogen-bond acceptors (Lipinski definition) is 6. The fourth-order valence-electron chi connectivity index (χ4n) is 10.2. The van der Waals surface area contributed by atoms with E-state index in [0.29, 0.717) is 48.7 Å². The predicted molar refractivity (Wildman–Crippen MR) is 183 cm³/mol. The molecule has 46 heavy (non-hydrogen) atoms. The molecule has 6 nitrogen and oxygen atoms in total. The Bertz CT molecular complexity index is 993. The van der Waals surface area contributed by atoms with Crippen molar-refractivity contribution in [2.24, 2.45) is 47.3 Å². The number of ether oxygens (including phenoxy) is 2. The van der Waals surface area contributed by atoms with E-state index < -0.39 is 12.2 Å². The van der Waals surface area contributed by atoms with Crippen LogP contribution in [0.3, 0.4) is 0 Å². The summed E-state index contributed by atoms with van der Waals surface area (Å²) in [6.45, 7) is 10.3. The number of fused-ring (bicyclic) bond motifs is 2. The lowest BCUT2D eigenvalue weighted by atomic mass is 9.65. The lowest BCUT2D eigenvalue weighted by molar-refractivity contribution is -0.0227. The zero-order valence-electron chi connectivity index (χ0n) is 29.4. The number of aryl methyl sites for hydroxylation is 2. The third-order valence-electron chi connectivity index (χ3n) is 13.4. The molecule has 2 saturated carbocycles. The Morgan fingerprint density at radius 3 is 1.41 bits per heavy atom. The van der Waals surface area contributed by atoms with E-state index in [4.69, 9.17) is 9.47 Å². The highest BCUT2D eigenvalue weighted by atomic mass is 16.5. The van der Waals surface area contributed by atoms with E-state index in [2.05, 4.69) is 27.7 Å². The summed E-state index contributed by atoms with van der Waals surface area (Å²) < 4.78 is 12.4. The molecular weight excluding hydrogens is 576 g/mol. The molecule has 0 aromatic heterocycles. The van der Waals surface area contributed by atoms with E-state index in [0.717, 1.165) is 73.0 Å². The lowest BCUT2D eigenvalue weighted by Gasteiger charge is -2.41. The van der Waals surface area contributed by atoms with Gasteiger partial charge in [0.15, 0.2) is 0 Å². The summed E-state index contributed by atoms with van der Waals surface area (Å²) in [5, 5.41) is 43.3. The monoisotopic (exact) mass is 642 g/mol. The normalized spacial score (nSPS) is 34.8. The van der Waals surface area contributed by atoms with Crippen molar-refractivity contribution < 1.29 is 29.9 Å². The smallest absolute Gasteiger partial charge is 0.0685 e. The van der Waals surface area contributed by atoms with Gasteiger partial charge in [-0.2, -0.15) is 0 Å². The summed E-state index contributed by atoms with van der Waals surface area (Å²) in [4.78, 5) is 0. The highest BCUT2D eigenvalue weighted by molar-refractivity contribution is 5.38. The molecule has 2 aliphatic carbocycles. The van der Waals surface area contributed by atoms with Gasteiger partial charge in [-0.25, -0.2) is 0 Å².